The number of unbranched alkanes of at least 4 members (excludes halogenated alkanes) is 2. The Morgan fingerprint density at radius 2 is 0.846 bits per heavy atom. The van der Waals surface area contributed by atoms with Crippen molar-refractivity contribution in [2.24, 2.45) is 0 Å². The molecule has 0 unspecified atom stereocenters. The van der Waals surface area contributed by atoms with Crippen molar-refractivity contribution in [3.05, 3.63) is 146 Å². The third-order valence-corrected chi connectivity index (χ3v) is 9.38. The van der Waals surface area contributed by atoms with Crippen LogP contribution in [-0.4, -0.2) is 6.88 Å². The van der Waals surface area contributed by atoms with Crippen molar-refractivity contribution < 1.29 is 23.3 Å². The first-order valence-corrected chi connectivity index (χ1v) is 22.0. The summed E-state index contributed by atoms with van der Waals surface area (Å²) in [5, 5.41) is 5.52. The van der Waals surface area contributed by atoms with Crippen LogP contribution in [0.3, 0.4) is 0 Å². The van der Waals surface area contributed by atoms with Gasteiger partial charge in [-0.15, -0.1) is 93.9 Å². The number of fused-ring (bicyclic) bond motifs is 2. The van der Waals surface area contributed by atoms with Crippen LogP contribution in [0.25, 0.3) is 43.8 Å². The van der Waals surface area contributed by atoms with Crippen LogP contribution in [0.2, 0.25) is 0 Å². The Labute approximate surface area is 347 Å². The van der Waals surface area contributed by atoms with Gasteiger partial charge in [-0.05, 0) is 45.9 Å². The first kappa shape index (κ1) is 49.8. The van der Waals surface area contributed by atoms with Gasteiger partial charge in [0.15, 0.2) is 0 Å². The van der Waals surface area contributed by atoms with Crippen LogP contribution < -0.4 is 0 Å². The molecular weight excluding hydrogens is 767 g/mol. The number of rotatable bonds is 8. The van der Waals surface area contributed by atoms with Gasteiger partial charge in [0, 0.05) is 0 Å². The van der Waals surface area contributed by atoms with Gasteiger partial charge in [-0.3, -0.25) is 0 Å². The Hall–Kier alpha value is -2.22. The molecule has 6 aromatic carbocycles. The second-order valence-corrected chi connectivity index (χ2v) is 15.2. The second-order valence-electron chi connectivity index (χ2n) is 15.2. The van der Waals surface area contributed by atoms with Crippen LogP contribution in [0.15, 0.2) is 109 Å². The predicted octanol–water partition coefficient (Wildman–Crippen LogP) is 15.1. The van der Waals surface area contributed by atoms with Crippen molar-refractivity contribution in [1.82, 2.24) is 0 Å². The molecule has 6 rings (SSSR count). The van der Waals surface area contributed by atoms with Gasteiger partial charge in [0.2, 0.25) is 0 Å². The fraction of sp³-hybridized carbons (Fsp3) is 0.333. The molecule has 0 aliphatic rings. The summed E-state index contributed by atoms with van der Waals surface area (Å²) in [7, 11) is 0. The van der Waals surface area contributed by atoms with Crippen LogP contribution in [0.5, 0.6) is 0 Å². The summed E-state index contributed by atoms with van der Waals surface area (Å²) in [6.07, 6.45) is 7.42. The molecule has 6 aromatic rings. The van der Waals surface area contributed by atoms with E-state index in [0.717, 1.165) is 0 Å². The van der Waals surface area contributed by atoms with E-state index < -0.39 is 0 Å². The molecule has 0 heterocycles. The second kappa shape index (κ2) is 22.9. The van der Waals surface area contributed by atoms with Crippen molar-refractivity contribution in [1.29, 1.82) is 0 Å². The van der Waals surface area contributed by atoms with Gasteiger partial charge >= 0.3 is 30.2 Å². The van der Waals surface area contributed by atoms with Gasteiger partial charge in [-0.2, -0.15) is 12.1 Å². The van der Waals surface area contributed by atoms with E-state index in [2.05, 4.69) is 171 Å². The van der Waals surface area contributed by atoms with Crippen LogP contribution in [0.1, 0.15) is 103 Å². The number of halogens is 2. The maximum absolute atomic E-state index is 3.06. The van der Waals surface area contributed by atoms with E-state index in [-0.39, 0.29) is 50.5 Å². The third kappa shape index (κ3) is 13.0. The summed E-state index contributed by atoms with van der Waals surface area (Å²) in [5.41, 5.74) is 11.5. The SMILES string of the molecule is CCCCc1cc2c(-c3ccc(C(C)(C)C)cc3)cccc2[cH-]1.CCCCc1cc2c(-c3ccc(C(C)(C)C)cc3)cccc2[cH-]1.Cl.Cl.[CH3-].[CH3-].[Si]=[Zr]. The normalized spacial score (nSPS) is 10.7. The molecule has 0 amide bonds. The Bertz CT molecular complexity index is 1740. The molecular formula is C48H62Cl2SiZr-4. The summed E-state index contributed by atoms with van der Waals surface area (Å²) in [4.78, 5) is 0. The van der Waals surface area contributed by atoms with Crippen molar-refractivity contribution in [2.75, 3.05) is 0 Å². The molecule has 0 spiro atoms. The molecule has 0 aliphatic heterocycles. The molecule has 0 nitrogen and oxygen atoms in total. The van der Waals surface area contributed by atoms with Gasteiger partial charge in [0.05, 0.1) is 0 Å². The molecule has 0 fully saturated rings. The molecule has 2 radical (unpaired) electrons. The zero-order valence-electron chi connectivity index (χ0n) is 33.5. The molecule has 0 N–H and O–H groups in total. The van der Waals surface area contributed by atoms with Crippen LogP contribution in [0.4, 0.5) is 0 Å². The van der Waals surface area contributed by atoms with Crippen molar-refractivity contribution in [3.8, 4) is 22.3 Å². The Morgan fingerprint density at radius 3 is 1.13 bits per heavy atom. The Kier molecular flexibility index (Phi) is 21.9. The summed E-state index contributed by atoms with van der Waals surface area (Å²) in [6.45, 7) is 21.2. The van der Waals surface area contributed by atoms with Crippen LogP contribution in [0, 0.1) is 14.9 Å². The summed E-state index contributed by atoms with van der Waals surface area (Å²) in [5.74, 6) is 0. The first-order chi connectivity index (χ1) is 23.0. The molecule has 280 valence electrons. The summed E-state index contributed by atoms with van der Waals surface area (Å²) < 4.78 is 0. The summed E-state index contributed by atoms with van der Waals surface area (Å²) >= 11 is 1.36. The summed E-state index contributed by atoms with van der Waals surface area (Å²) in [6, 6.07) is 41.0. The molecule has 0 atom stereocenters. The molecule has 0 aliphatic carbocycles. The van der Waals surface area contributed by atoms with Crippen molar-refractivity contribution >= 4 is 53.2 Å². The van der Waals surface area contributed by atoms with E-state index in [1.165, 1.54) is 128 Å². The number of hydrogen-bond acceptors (Lipinski definition) is 0. The number of aryl methyl sites for hydroxylation is 2. The minimum atomic E-state index is 0. The molecule has 52 heavy (non-hydrogen) atoms. The molecule has 0 aromatic heterocycles. The Morgan fingerprint density at radius 1 is 0.519 bits per heavy atom. The van der Waals surface area contributed by atoms with Crippen molar-refractivity contribution in [2.45, 2.75) is 105 Å². The van der Waals surface area contributed by atoms with Crippen molar-refractivity contribution in [3.63, 3.8) is 0 Å². The van der Waals surface area contributed by atoms with Gasteiger partial charge in [0.1, 0.15) is 0 Å². The average molecular weight is 829 g/mol. The van der Waals surface area contributed by atoms with Gasteiger partial charge in [0.25, 0.3) is 0 Å². The van der Waals surface area contributed by atoms with E-state index in [0.29, 0.717) is 0 Å². The molecule has 4 heteroatoms. The third-order valence-electron chi connectivity index (χ3n) is 9.38. The van der Waals surface area contributed by atoms with E-state index in [1.54, 1.807) is 0 Å². The number of hydrogen-bond donors (Lipinski definition) is 0. The quantitative estimate of drug-likeness (QED) is 0.106. The molecule has 0 bridgehead atoms. The maximum atomic E-state index is 3.06. The first-order valence-electron chi connectivity index (χ1n) is 17.8. The zero-order valence-corrected chi connectivity index (χ0v) is 38.5. The Balaban J connectivity index is 0.000000890. The van der Waals surface area contributed by atoms with E-state index in [1.807, 2.05) is 0 Å². The number of benzene rings is 4. The van der Waals surface area contributed by atoms with Crippen LogP contribution >= 0.6 is 24.8 Å². The van der Waals surface area contributed by atoms with E-state index >= 15 is 0 Å². The zero-order chi connectivity index (χ0) is 34.9. The standard InChI is InChI=1S/2C23H27.2CH3.2ClH.Si.Zr/c2*1-5-6-8-17-15-19-9-7-10-21(22(19)16-17)18-11-13-20(14-12-18)23(2,3)4;;;;;;/h2*7,9-16H,5-6,8H2,1-4H3;2*1H3;2*1H;;/q4*-1;;;;. The molecule has 0 saturated heterocycles. The van der Waals surface area contributed by atoms with Gasteiger partial charge in [-0.25, -0.2) is 0 Å². The predicted molar refractivity (Wildman–Crippen MR) is 238 cm³/mol. The molecule has 0 saturated carbocycles. The topological polar surface area (TPSA) is 0 Å². The monoisotopic (exact) mass is 826 g/mol. The van der Waals surface area contributed by atoms with E-state index in [9.17, 15) is 0 Å². The fourth-order valence-corrected chi connectivity index (χ4v) is 6.45. The van der Waals surface area contributed by atoms with E-state index in [4.69, 9.17) is 0 Å². The van der Waals surface area contributed by atoms with Gasteiger partial charge in [-0.1, -0.05) is 153 Å². The van der Waals surface area contributed by atoms with Crippen LogP contribution in [-0.2, 0) is 47.0 Å². The minimum absolute atomic E-state index is 0. The fourth-order valence-electron chi connectivity index (χ4n) is 6.45. The van der Waals surface area contributed by atoms with Gasteiger partial charge < -0.3 is 14.9 Å². The average Bonchev–Trinajstić information content (AvgIpc) is 3.71.